The molecule has 21 heavy (non-hydrogen) atoms. The third-order valence-corrected chi connectivity index (χ3v) is 5.61. The fourth-order valence-electron chi connectivity index (χ4n) is 2.37. The van der Waals surface area contributed by atoms with E-state index in [2.05, 4.69) is 0 Å². The van der Waals surface area contributed by atoms with Crippen molar-refractivity contribution < 1.29 is 17.7 Å². The molecule has 116 valence electrons. The van der Waals surface area contributed by atoms with Gasteiger partial charge >= 0.3 is 0 Å². The van der Waals surface area contributed by atoms with Crippen LogP contribution in [0.2, 0.25) is 0 Å². The molecule has 2 unspecified atom stereocenters. The van der Waals surface area contributed by atoms with Gasteiger partial charge in [-0.1, -0.05) is 13.0 Å². The summed E-state index contributed by atoms with van der Waals surface area (Å²) in [5.41, 5.74) is 5.07. The molecular weight excluding hydrogens is 301 g/mol. The van der Waals surface area contributed by atoms with Gasteiger partial charge in [-0.15, -0.1) is 0 Å². The number of piperidine rings is 1. The maximum atomic E-state index is 13.9. The van der Waals surface area contributed by atoms with Gasteiger partial charge in [-0.25, -0.2) is 12.8 Å². The number of nitrogens with zero attached hydrogens (tertiary/aromatic N) is 2. The number of nitro groups is 1. The smallest absolute Gasteiger partial charge is 0.292 e. The molecule has 0 spiro atoms. The van der Waals surface area contributed by atoms with Crippen molar-refractivity contribution in [1.82, 2.24) is 4.31 Å². The normalized spacial score (nSPS) is 24.0. The van der Waals surface area contributed by atoms with Gasteiger partial charge in [0.2, 0.25) is 0 Å². The summed E-state index contributed by atoms with van der Waals surface area (Å²) in [5, 5.41) is 11.0. The Morgan fingerprint density at radius 2 is 2.14 bits per heavy atom. The molecule has 7 nitrogen and oxygen atoms in total. The molecule has 1 aliphatic rings. The molecule has 2 N–H and O–H groups in total. The highest BCUT2D eigenvalue weighted by atomic mass is 32.2. The van der Waals surface area contributed by atoms with Crippen LogP contribution in [0.15, 0.2) is 23.1 Å². The fraction of sp³-hybridized carbons (Fsp3) is 0.500. The first-order valence-electron chi connectivity index (χ1n) is 6.43. The lowest BCUT2D eigenvalue weighted by atomic mass is 9.96. The van der Waals surface area contributed by atoms with E-state index in [1.54, 1.807) is 6.92 Å². The second-order valence-corrected chi connectivity index (χ2v) is 7.01. The number of hydrogen-bond acceptors (Lipinski definition) is 5. The number of sulfonamides is 1. The van der Waals surface area contributed by atoms with Crippen LogP contribution in [-0.4, -0.2) is 36.8 Å². The minimum absolute atomic E-state index is 0.0978. The highest BCUT2D eigenvalue weighted by Crippen LogP contribution is 2.31. The average Bonchev–Trinajstić information content (AvgIpc) is 2.41. The number of nitrogens with two attached hydrogens (primary N) is 1. The molecule has 0 aliphatic carbocycles. The van der Waals surface area contributed by atoms with Gasteiger partial charge in [0.1, 0.15) is 5.82 Å². The van der Waals surface area contributed by atoms with E-state index in [0.29, 0.717) is 6.42 Å². The molecule has 2 rings (SSSR count). The topological polar surface area (TPSA) is 107 Å². The maximum Gasteiger partial charge on any atom is 0.292 e. The van der Waals surface area contributed by atoms with Gasteiger partial charge in [0.25, 0.3) is 15.7 Å². The molecule has 1 fully saturated rings. The van der Waals surface area contributed by atoms with Gasteiger partial charge in [0, 0.05) is 25.2 Å². The summed E-state index contributed by atoms with van der Waals surface area (Å²) >= 11 is 0. The van der Waals surface area contributed by atoms with Crippen LogP contribution in [0, 0.1) is 21.8 Å². The third-order valence-electron chi connectivity index (χ3n) is 3.68. The van der Waals surface area contributed by atoms with Crippen LogP contribution >= 0.6 is 0 Å². The summed E-state index contributed by atoms with van der Waals surface area (Å²) in [6.07, 6.45) is 0.433. The van der Waals surface area contributed by atoms with E-state index in [1.165, 1.54) is 0 Å². The van der Waals surface area contributed by atoms with Gasteiger partial charge in [-0.05, 0) is 18.4 Å². The Balaban J connectivity index is 2.48. The van der Waals surface area contributed by atoms with E-state index in [0.717, 1.165) is 22.5 Å². The van der Waals surface area contributed by atoms with Crippen LogP contribution in [0.25, 0.3) is 0 Å². The van der Waals surface area contributed by atoms with E-state index in [9.17, 15) is 22.9 Å². The van der Waals surface area contributed by atoms with Crippen LogP contribution in [-0.2, 0) is 10.0 Å². The molecule has 0 saturated carbocycles. The Morgan fingerprint density at radius 1 is 1.48 bits per heavy atom. The van der Waals surface area contributed by atoms with Crippen molar-refractivity contribution in [1.29, 1.82) is 0 Å². The Kier molecular flexibility index (Phi) is 4.26. The Morgan fingerprint density at radius 3 is 2.71 bits per heavy atom. The molecule has 0 radical (unpaired) electrons. The summed E-state index contributed by atoms with van der Waals surface area (Å²) in [7, 11) is -4.26. The Labute approximate surface area is 121 Å². The molecule has 1 heterocycles. The lowest BCUT2D eigenvalue weighted by Gasteiger charge is -2.34. The first kappa shape index (κ1) is 15.8. The van der Waals surface area contributed by atoms with Crippen LogP contribution in [0.5, 0.6) is 0 Å². The molecule has 2 atom stereocenters. The first-order valence-corrected chi connectivity index (χ1v) is 7.87. The molecule has 1 saturated heterocycles. The number of benzene rings is 1. The van der Waals surface area contributed by atoms with E-state index in [-0.39, 0.29) is 25.0 Å². The summed E-state index contributed by atoms with van der Waals surface area (Å²) in [6, 6.07) is 2.86. The predicted molar refractivity (Wildman–Crippen MR) is 73.6 cm³/mol. The molecular formula is C12H16FN3O4S. The van der Waals surface area contributed by atoms with Crippen LogP contribution < -0.4 is 5.73 Å². The maximum absolute atomic E-state index is 13.9. The van der Waals surface area contributed by atoms with Crippen molar-refractivity contribution in [2.45, 2.75) is 24.3 Å². The minimum Gasteiger partial charge on any atom is -0.327 e. The molecule has 1 aromatic rings. The van der Waals surface area contributed by atoms with Crippen LogP contribution in [0.4, 0.5) is 10.1 Å². The minimum atomic E-state index is -4.26. The van der Waals surface area contributed by atoms with E-state index < -0.39 is 31.3 Å². The summed E-state index contributed by atoms with van der Waals surface area (Å²) < 4.78 is 40.0. The number of halogens is 1. The van der Waals surface area contributed by atoms with Gasteiger partial charge in [0.05, 0.1) is 4.92 Å². The molecule has 0 bridgehead atoms. The lowest BCUT2D eigenvalue weighted by molar-refractivity contribution is -0.388. The van der Waals surface area contributed by atoms with Crippen molar-refractivity contribution in [2.75, 3.05) is 13.1 Å². The quantitative estimate of drug-likeness (QED) is 0.663. The number of nitro benzene ring substituents is 1. The number of hydrogen-bond donors (Lipinski definition) is 1. The fourth-order valence-corrected chi connectivity index (χ4v) is 4.13. The van der Waals surface area contributed by atoms with Crippen molar-refractivity contribution in [3.05, 3.63) is 34.1 Å². The largest absolute Gasteiger partial charge is 0.327 e. The highest BCUT2D eigenvalue weighted by molar-refractivity contribution is 7.89. The highest BCUT2D eigenvalue weighted by Gasteiger charge is 2.38. The third kappa shape index (κ3) is 2.89. The Hall–Kier alpha value is -1.58. The van der Waals surface area contributed by atoms with Crippen LogP contribution in [0.1, 0.15) is 13.3 Å². The second-order valence-electron chi connectivity index (χ2n) is 5.14. The predicted octanol–water partition coefficient (Wildman–Crippen LogP) is 1.09. The van der Waals surface area contributed by atoms with Gasteiger partial charge in [-0.3, -0.25) is 10.1 Å². The average molecular weight is 317 g/mol. The zero-order valence-corrected chi connectivity index (χ0v) is 12.2. The zero-order chi connectivity index (χ0) is 15.8. The first-order chi connectivity index (χ1) is 9.75. The van der Waals surface area contributed by atoms with Crippen molar-refractivity contribution in [2.24, 2.45) is 11.7 Å². The van der Waals surface area contributed by atoms with Crippen LogP contribution in [0.3, 0.4) is 0 Å². The van der Waals surface area contributed by atoms with E-state index in [1.807, 2.05) is 0 Å². The van der Waals surface area contributed by atoms with Gasteiger partial charge < -0.3 is 5.73 Å². The molecule has 1 aliphatic heterocycles. The number of rotatable bonds is 3. The van der Waals surface area contributed by atoms with E-state index in [4.69, 9.17) is 5.73 Å². The lowest BCUT2D eigenvalue weighted by Crippen LogP contribution is -2.48. The molecule has 0 aromatic heterocycles. The summed E-state index contributed by atoms with van der Waals surface area (Å²) in [5.74, 6) is -1.22. The standard InChI is InChI=1S/C12H16FN3O4S/c1-8-7-15(6-5-10(8)14)21(19,20)12-9(13)3-2-4-11(12)16(17)18/h2-4,8,10H,5-7,14H2,1H3. The molecule has 9 heteroatoms. The Bertz CT molecular complexity index is 664. The summed E-state index contributed by atoms with van der Waals surface area (Å²) in [4.78, 5) is 9.18. The van der Waals surface area contributed by atoms with Crippen molar-refractivity contribution in [3.8, 4) is 0 Å². The van der Waals surface area contributed by atoms with Gasteiger partial charge in [0.15, 0.2) is 4.90 Å². The van der Waals surface area contributed by atoms with Crippen molar-refractivity contribution in [3.63, 3.8) is 0 Å². The monoisotopic (exact) mass is 317 g/mol. The zero-order valence-electron chi connectivity index (χ0n) is 11.4. The van der Waals surface area contributed by atoms with Gasteiger partial charge in [-0.2, -0.15) is 4.31 Å². The van der Waals surface area contributed by atoms with E-state index >= 15 is 0 Å². The van der Waals surface area contributed by atoms with Crippen molar-refractivity contribution >= 4 is 15.7 Å². The SMILES string of the molecule is CC1CN(S(=O)(=O)c2c(F)cccc2[N+](=O)[O-])CCC1N. The molecule has 0 amide bonds. The summed E-state index contributed by atoms with van der Waals surface area (Å²) in [6.45, 7) is 2.04. The molecule has 1 aromatic carbocycles. The second kappa shape index (κ2) is 5.66.